The number of nitro groups is 1. The maximum absolute atomic E-state index is 11.0. The summed E-state index contributed by atoms with van der Waals surface area (Å²) >= 11 is 0. The van der Waals surface area contributed by atoms with Gasteiger partial charge in [0.05, 0.1) is 4.92 Å². The van der Waals surface area contributed by atoms with Gasteiger partial charge in [0.2, 0.25) is 0 Å². The fourth-order valence-corrected chi connectivity index (χ4v) is 2.46. The van der Waals surface area contributed by atoms with Gasteiger partial charge in [-0.25, -0.2) is 0 Å². The lowest BCUT2D eigenvalue weighted by molar-refractivity contribution is -0.385. The van der Waals surface area contributed by atoms with Crippen molar-refractivity contribution in [3.8, 4) is 0 Å². The Hall–Kier alpha value is -2.16. The van der Waals surface area contributed by atoms with Crippen molar-refractivity contribution in [3.63, 3.8) is 0 Å². The minimum Gasteiger partial charge on any atom is -0.258 e. The first-order chi connectivity index (χ1) is 8.25. The Kier molecular flexibility index (Phi) is 2.18. The average molecular weight is 225 g/mol. The van der Waals surface area contributed by atoms with E-state index < -0.39 is 0 Å². The summed E-state index contributed by atoms with van der Waals surface area (Å²) in [5.74, 6) is 0. The molecule has 0 radical (unpaired) electrons. The standard InChI is InChI=1S/C14H11NO2/c16-15(17)14-7-3-6-12-8-10-4-1-2-5-11(10)9-13(12)14/h1-7H,8-9H2. The molecule has 84 valence electrons. The highest BCUT2D eigenvalue weighted by atomic mass is 16.6. The number of benzene rings is 2. The molecule has 0 spiro atoms. The molecule has 0 heterocycles. The van der Waals surface area contributed by atoms with E-state index >= 15 is 0 Å². The first kappa shape index (κ1) is 10.0. The summed E-state index contributed by atoms with van der Waals surface area (Å²) in [4.78, 5) is 10.7. The van der Waals surface area contributed by atoms with Crippen LogP contribution in [0.4, 0.5) is 5.69 Å². The summed E-state index contributed by atoms with van der Waals surface area (Å²) < 4.78 is 0. The van der Waals surface area contributed by atoms with Gasteiger partial charge in [0.1, 0.15) is 0 Å². The van der Waals surface area contributed by atoms with Crippen molar-refractivity contribution < 1.29 is 4.92 Å². The van der Waals surface area contributed by atoms with Crippen LogP contribution < -0.4 is 0 Å². The number of hydrogen-bond acceptors (Lipinski definition) is 2. The average Bonchev–Trinajstić information content (AvgIpc) is 2.35. The minimum absolute atomic E-state index is 0.247. The minimum atomic E-state index is -0.285. The molecule has 2 aromatic carbocycles. The quantitative estimate of drug-likeness (QED) is 0.471. The third-order valence-corrected chi connectivity index (χ3v) is 3.31. The summed E-state index contributed by atoms with van der Waals surface area (Å²) in [5.41, 5.74) is 4.68. The smallest absolute Gasteiger partial charge is 0.258 e. The Labute approximate surface area is 98.9 Å². The van der Waals surface area contributed by atoms with E-state index in [1.54, 1.807) is 12.1 Å². The second kappa shape index (κ2) is 3.70. The zero-order valence-electron chi connectivity index (χ0n) is 9.22. The van der Waals surface area contributed by atoms with Crippen LogP contribution >= 0.6 is 0 Å². The van der Waals surface area contributed by atoms with E-state index in [4.69, 9.17) is 0 Å². The van der Waals surface area contributed by atoms with Crippen LogP contribution in [0.2, 0.25) is 0 Å². The summed E-state index contributed by atoms with van der Waals surface area (Å²) in [6, 6.07) is 13.5. The van der Waals surface area contributed by atoms with Gasteiger partial charge in [-0.1, -0.05) is 36.4 Å². The molecule has 0 saturated heterocycles. The lowest BCUT2D eigenvalue weighted by Crippen LogP contribution is -2.09. The molecule has 2 aromatic rings. The number of rotatable bonds is 1. The Morgan fingerprint density at radius 3 is 2.24 bits per heavy atom. The monoisotopic (exact) mass is 225 g/mol. The van der Waals surface area contributed by atoms with Gasteiger partial charge in [0, 0.05) is 18.1 Å². The third-order valence-electron chi connectivity index (χ3n) is 3.31. The summed E-state index contributed by atoms with van der Waals surface area (Å²) in [6.45, 7) is 0. The van der Waals surface area contributed by atoms with E-state index in [0.29, 0.717) is 6.42 Å². The lowest BCUT2D eigenvalue weighted by atomic mass is 9.85. The highest BCUT2D eigenvalue weighted by Crippen LogP contribution is 2.32. The Morgan fingerprint density at radius 1 is 0.882 bits per heavy atom. The van der Waals surface area contributed by atoms with Crippen molar-refractivity contribution in [2.75, 3.05) is 0 Å². The predicted octanol–water partition coefficient (Wildman–Crippen LogP) is 3.09. The molecule has 0 aromatic heterocycles. The molecular formula is C14H11NO2. The molecule has 1 aliphatic carbocycles. The number of nitrogens with zero attached hydrogens (tertiary/aromatic N) is 1. The second-order valence-electron chi connectivity index (χ2n) is 4.29. The van der Waals surface area contributed by atoms with Crippen LogP contribution in [0, 0.1) is 10.1 Å². The lowest BCUT2D eigenvalue weighted by Gasteiger charge is -2.18. The van der Waals surface area contributed by atoms with Crippen molar-refractivity contribution in [2.45, 2.75) is 12.8 Å². The Morgan fingerprint density at radius 2 is 1.53 bits per heavy atom. The summed E-state index contributed by atoms with van der Waals surface area (Å²) in [5, 5.41) is 11.0. The topological polar surface area (TPSA) is 43.1 Å². The van der Waals surface area contributed by atoms with Gasteiger partial charge in [-0.3, -0.25) is 10.1 Å². The van der Waals surface area contributed by atoms with Crippen LogP contribution in [-0.2, 0) is 12.8 Å². The molecule has 0 saturated carbocycles. The Balaban J connectivity index is 2.15. The van der Waals surface area contributed by atoms with Crippen LogP contribution in [0.25, 0.3) is 0 Å². The van der Waals surface area contributed by atoms with Crippen LogP contribution in [0.15, 0.2) is 42.5 Å². The van der Waals surface area contributed by atoms with Gasteiger partial charge < -0.3 is 0 Å². The normalized spacial score (nSPS) is 12.7. The largest absolute Gasteiger partial charge is 0.273 e. The molecule has 0 bridgehead atoms. The molecule has 0 amide bonds. The molecule has 0 unspecified atom stereocenters. The highest BCUT2D eigenvalue weighted by Gasteiger charge is 2.22. The molecule has 0 fully saturated rings. The zero-order valence-corrected chi connectivity index (χ0v) is 9.22. The van der Waals surface area contributed by atoms with Gasteiger partial charge in [-0.2, -0.15) is 0 Å². The number of hydrogen-bond donors (Lipinski definition) is 0. The molecule has 3 heteroatoms. The van der Waals surface area contributed by atoms with Gasteiger partial charge in [-0.15, -0.1) is 0 Å². The number of nitro benzene ring substituents is 1. The van der Waals surface area contributed by atoms with Crippen molar-refractivity contribution in [3.05, 3.63) is 74.8 Å². The van der Waals surface area contributed by atoms with Gasteiger partial charge in [0.15, 0.2) is 0 Å². The predicted molar refractivity (Wildman–Crippen MR) is 65.2 cm³/mol. The summed E-state index contributed by atoms with van der Waals surface area (Å²) in [6.07, 6.45) is 1.47. The zero-order chi connectivity index (χ0) is 11.8. The fourth-order valence-electron chi connectivity index (χ4n) is 2.46. The van der Waals surface area contributed by atoms with Crippen molar-refractivity contribution in [1.29, 1.82) is 0 Å². The SMILES string of the molecule is O=[N+]([O-])c1cccc2c1Cc1ccccc1C2. The van der Waals surface area contributed by atoms with E-state index in [1.165, 1.54) is 11.1 Å². The van der Waals surface area contributed by atoms with Crippen LogP contribution in [0.1, 0.15) is 22.3 Å². The first-order valence-electron chi connectivity index (χ1n) is 5.57. The molecule has 0 aliphatic heterocycles. The fraction of sp³-hybridized carbons (Fsp3) is 0.143. The van der Waals surface area contributed by atoms with Crippen LogP contribution in [0.3, 0.4) is 0 Å². The van der Waals surface area contributed by atoms with Gasteiger partial charge >= 0.3 is 0 Å². The third kappa shape index (κ3) is 1.60. The van der Waals surface area contributed by atoms with E-state index in [1.807, 2.05) is 18.2 Å². The second-order valence-corrected chi connectivity index (χ2v) is 4.29. The van der Waals surface area contributed by atoms with E-state index in [2.05, 4.69) is 12.1 Å². The number of fused-ring (bicyclic) bond motifs is 2. The van der Waals surface area contributed by atoms with Crippen LogP contribution in [-0.4, -0.2) is 4.92 Å². The molecular weight excluding hydrogens is 214 g/mol. The van der Waals surface area contributed by atoms with E-state index in [0.717, 1.165) is 17.5 Å². The molecule has 0 N–H and O–H groups in total. The van der Waals surface area contributed by atoms with Crippen molar-refractivity contribution >= 4 is 5.69 Å². The summed E-state index contributed by atoms with van der Waals surface area (Å²) in [7, 11) is 0. The molecule has 3 nitrogen and oxygen atoms in total. The van der Waals surface area contributed by atoms with Crippen molar-refractivity contribution in [1.82, 2.24) is 0 Å². The van der Waals surface area contributed by atoms with Gasteiger partial charge in [-0.05, 0) is 23.1 Å². The van der Waals surface area contributed by atoms with Crippen LogP contribution in [0.5, 0.6) is 0 Å². The van der Waals surface area contributed by atoms with E-state index in [-0.39, 0.29) is 10.6 Å². The maximum atomic E-state index is 11.0. The molecule has 0 atom stereocenters. The van der Waals surface area contributed by atoms with E-state index in [9.17, 15) is 10.1 Å². The van der Waals surface area contributed by atoms with Gasteiger partial charge in [0.25, 0.3) is 5.69 Å². The molecule has 1 aliphatic rings. The molecule has 17 heavy (non-hydrogen) atoms. The Bertz CT molecular complexity index is 605. The highest BCUT2D eigenvalue weighted by molar-refractivity contribution is 5.53. The maximum Gasteiger partial charge on any atom is 0.273 e. The molecule has 3 rings (SSSR count). The van der Waals surface area contributed by atoms with Crippen molar-refractivity contribution in [2.24, 2.45) is 0 Å². The first-order valence-corrected chi connectivity index (χ1v) is 5.57.